The van der Waals surface area contributed by atoms with Crippen LogP contribution >= 0.6 is 10.7 Å². The highest BCUT2D eigenvalue weighted by Crippen LogP contribution is 2.21. The highest BCUT2D eigenvalue weighted by atomic mass is 35.7. The van der Waals surface area contributed by atoms with Gasteiger partial charge in [-0.15, -0.1) is 0 Å². The van der Waals surface area contributed by atoms with Crippen LogP contribution in [0.25, 0.3) is 0 Å². The topological polar surface area (TPSA) is 63.2 Å². The van der Waals surface area contributed by atoms with Crippen LogP contribution in [0.5, 0.6) is 0 Å². The van der Waals surface area contributed by atoms with Crippen LogP contribution in [0.4, 0.5) is 0 Å². The Morgan fingerprint density at radius 3 is 2.40 bits per heavy atom. The summed E-state index contributed by atoms with van der Waals surface area (Å²) in [6.07, 6.45) is 0.839. The average Bonchev–Trinajstić information content (AvgIpc) is 2.26. The van der Waals surface area contributed by atoms with Gasteiger partial charge in [0.1, 0.15) is 0 Å². The predicted molar refractivity (Wildman–Crippen MR) is 80.6 cm³/mol. The molecule has 1 aromatic carbocycles. The monoisotopic (exact) mass is 317 g/mol. The maximum atomic E-state index is 12.0. The van der Waals surface area contributed by atoms with E-state index in [4.69, 9.17) is 10.7 Å². The van der Waals surface area contributed by atoms with Crippen molar-refractivity contribution in [3.05, 3.63) is 29.3 Å². The fourth-order valence-corrected chi connectivity index (χ4v) is 2.88. The molecule has 0 aromatic heterocycles. The van der Waals surface area contributed by atoms with Crippen molar-refractivity contribution in [3.8, 4) is 0 Å². The van der Waals surface area contributed by atoms with Crippen LogP contribution in [-0.4, -0.2) is 20.9 Å². The van der Waals surface area contributed by atoms with Gasteiger partial charge in [0, 0.05) is 22.8 Å². The number of hydrogen-bond donors (Lipinski definition) is 1. The van der Waals surface area contributed by atoms with Crippen LogP contribution in [-0.2, 0) is 9.05 Å². The molecule has 0 fully saturated rings. The molecule has 0 aliphatic heterocycles. The molecule has 1 amide bonds. The molecule has 0 spiro atoms. The van der Waals surface area contributed by atoms with E-state index in [0.717, 1.165) is 6.42 Å². The molecular formula is C14H20ClNO3S. The Morgan fingerprint density at radius 2 is 1.90 bits per heavy atom. The first kappa shape index (κ1) is 17.0. The number of carbonyl (C=O) groups is 1. The molecule has 0 bridgehead atoms. The second-order valence-electron chi connectivity index (χ2n) is 5.98. The minimum atomic E-state index is -3.84. The minimum absolute atomic E-state index is 0.0253. The number of halogens is 1. The van der Waals surface area contributed by atoms with E-state index in [1.165, 1.54) is 6.07 Å². The summed E-state index contributed by atoms with van der Waals surface area (Å²) in [4.78, 5) is 11.9. The zero-order valence-corrected chi connectivity index (χ0v) is 13.7. The Balaban J connectivity index is 2.85. The molecule has 4 nitrogen and oxygen atoms in total. The molecule has 6 heteroatoms. The summed E-state index contributed by atoms with van der Waals surface area (Å²) in [5.41, 5.74) is 0.945. The molecule has 0 saturated heterocycles. The highest BCUT2D eigenvalue weighted by molar-refractivity contribution is 8.13. The SMILES string of the molecule is Cc1ccc(C(=O)NCCC(C)(C)C)cc1S(=O)(=O)Cl. The smallest absolute Gasteiger partial charge is 0.261 e. The van der Waals surface area contributed by atoms with Gasteiger partial charge in [-0.1, -0.05) is 26.8 Å². The van der Waals surface area contributed by atoms with Crippen molar-refractivity contribution < 1.29 is 13.2 Å². The summed E-state index contributed by atoms with van der Waals surface area (Å²) in [5.74, 6) is -0.296. The number of carbonyl (C=O) groups excluding carboxylic acids is 1. The number of benzene rings is 1. The van der Waals surface area contributed by atoms with E-state index in [1.54, 1.807) is 19.1 Å². The molecule has 20 heavy (non-hydrogen) atoms. The molecule has 0 aliphatic rings. The van der Waals surface area contributed by atoms with E-state index >= 15 is 0 Å². The third-order valence-electron chi connectivity index (χ3n) is 2.87. The van der Waals surface area contributed by atoms with Crippen LogP contribution in [0.2, 0.25) is 0 Å². The molecule has 1 aromatic rings. The van der Waals surface area contributed by atoms with Crippen LogP contribution in [0.3, 0.4) is 0 Å². The van der Waals surface area contributed by atoms with Crippen molar-refractivity contribution in [1.29, 1.82) is 0 Å². The van der Waals surface area contributed by atoms with Crippen molar-refractivity contribution >= 4 is 25.6 Å². The second kappa shape index (κ2) is 6.14. The van der Waals surface area contributed by atoms with Gasteiger partial charge in [-0.3, -0.25) is 4.79 Å². The minimum Gasteiger partial charge on any atom is -0.352 e. The Hall–Kier alpha value is -1.07. The second-order valence-corrected chi connectivity index (χ2v) is 8.52. The fourth-order valence-electron chi connectivity index (χ4n) is 1.66. The largest absolute Gasteiger partial charge is 0.352 e. The summed E-state index contributed by atoms with van der Waals surface area (Å²) in [6.45, 7) is 8.44. The fraction of sp³-hybridized carbons (Fsp3) is 0.500. The van der Waals surface area contributed by atoms with Crippen LogP contribution in [0.1, 0.15) is 43.1 Å². The summed E-state index contributed by atoms with van der Waals surface area (Å²) >= 11 is 0. The average molecular weight is 318 g/mol. The lowest BCUT2D eigenvalue weighted by Crippen LogP contribution is -2.27. The molecule has 1 rings (SSSR count). The van der Waals surface area contributed by atoms with E-state index in [-0.39, 0.29) is 16.2 Å². The molecule has 0 heterocycles. The Morgan fingerprint density at radius 1 is 1.30 bits per heavy atom. The molecule has 0 unspecified atom stereocenters. The maximum Gasteiger partial charge on any atom is 0.261 e. The maximum absolute atomic E-state index is 12.0. The summed E-state index contributed by atoms with van der Waals surface area (Å²) in [7, 11) is 1.50. The molecule has 0 aliphatic carbocycles. The number of rotatable bonds is 4. The van der Waals surface area contributed by atoms with E-state index in [2.05, 4.69) is 26.1 Å². The number of nitrogens with one attached hydrogen (secondary N) is 1. The van der Waals surface area contributed by atoms with Gasteiger partial charge in [-0.25, -0.2) is 8.42 Å². The normalized spacial score (nSPS) is 12.2. The van der Waals surface area contributed by atoms with Gasteiger partial charge >= 0.3 is 0 Å². The quantitative estimate of drug-likeness (QED) is 0.868. The third kappa shape index (κ3) is 5.13. The first-order valence-corrected chi connectivity index (χ1v) is 8.65. The lowest BCUT2D eigenvalue weighted by molar-refractivity contribution is 0.0949. The lowest BCUT2D eigenvalue weighted by atomic mass is 9.92. The first-order chi connectivity index (χ1) is 9.00. The first-order valence-electron chi connectivity index (χ1n) is 6.34. The lowest BCUT2D eigenvalue weighted by Gasteiger charge is -2.18. The molecule has 0 atom stereocenters. The predicted octanol–water partition coefficient (Wildman–Crippen LogP) is 3.09. The van der Waals surface area contributed by atoms with Crippen LogP contribution in [0, 0.1) is 12.3 Å². The van der Waals surface area contributed by atoms with Crippen molar-refractivity contribution in [2.24, 2.45) is 5.41 Å². The van der Waals surface area contributed by atoms with Gasteiger partial charge < -0.3 is 5.32 Å². The van der Waals surface area contributed by atoms with Crippen molar-refractivity contribution in [1.82, 2.24) is 5.32 Å². The zero-order chi connectivity index (χ0) is 15.6. The summed E-state index contributed by atoms with van der Waals surface area (Å²) < 4.78 is 22.8. The molecule has 1 N–H and O–H groups in total. The summed E-state index contributed by atoms with van der Waals surface area (Å²) in [6, 6.07) is 4.48. The van der Waals surface area contributed by atoms with Crippen molar-refractivity contribution in [2.75, 3.05) is 6.54 Å². The van der Waals surface area contributed by atoms with Crippen LogP contribution in [0.15, 0.2) is 23.1 Å². The van der Waals surface area contributed by atoms with Gasteiger partial charge in [0.25, 0.3) is 15.0 Å². The van der Waals surface area contributed by atoms with Gasteiger partial charge in [-0.2, -0.15) is 0 Å². The van der Waals surface area contributed by atoms with Gasteiger partial charge in [0.2, 0.25) is 0 Å². The molecular weight excluding hydrogens is 298 g/mol. The van der Waals surface area contributed by atoms with Crippen LogP contribution < -0.4 is 5.32 Å². The molecule has 0 radical (unpaired) electrons. The van der Waals surface area contributed by atoms with Gasteiger partial charge in [-0.05, 0) is 36.5 Å². The Labute approximate surface area is 124 Å². The third-order valence-corrected chi connectivity index (χ3v) is 4.34. The van der Waals surface area contributed by atoms with E-state index in [9.17, 15) is 13.2 Å². The number of hydrogen-bond acceptors (Lipinski definition) is 3. The zero-order valence-electron chi connectivity index (χ0n) is 12.2. The Bertz CT molecular complexity index is 603. The van der Waals surface area contributed by atoms with Crippen molar-refractivity contribution in [2.45, 2.75) is 39.0 Å². The van der Waals surface area contributed by atoms with E-state index < -0.39 is 9.05 Å². The summed E-state index contributed by atoms with van der Waals surface area (Å²) in [5, 5.41) is 2.78. The molecule has 0 saturated carbocycles. The van der Waals surface area contributed by atoms with E-state index in [0.29, 0.717) is 17.7 Å². The van der Waals surface area contributed by atoms with E-state index in [1.807, 2.05) is 0 Å². The van der Waals surface area contributed by atoms with Crippen molar-refractivity contribution in [3.63, 3.8) is 0 Å². The highest BCUT2D eigenvalue weighted by Gasteiger charge is 2.17. The van der Waals surface area contributed by atoms with Gasteiger partial charge in [0.15, 0.2) is 0 Å². The standard InChI is InChI=1S/C14H20ClNO3S/c1-10-5-6-11(9-12(10)20(15,18)19)13(17)16-8-7-14(2,3)4/h5-6,9H,7-8H2,1-4H3,(H,16,17). The van der Waals surface area contributed by atoms with Gasteiger partial charge in [0.05, 0.1) is 4.90 Å². The Kier molecular flexibility index (Phi) is 5.21. The molecule has 112 valence electrons. The number of amides is 1. The number of aryl methyl sites for hydroxylation is 1.